The number of carbonyl (C=O) groups is 1. The van der Waals surface area contributed by atoms with Gasteiger partial charge in [0.1, 0.15) is 11.8 Å². The molecule has 2 rings (SSSR count). The Kier molecular flexibility index (Phi) is 3.76. The van der Waals surface area contributed by atoms with Crippen molar-refractivity contribution in [2.45, 2.75) is 20.4 Å². The first-order valence-electron chi connectivity index (χ1n) is 6.16. The zero-order chi connectivity index (χ0) is 13.8. The molecule has 0 N–H and O–H groups in total. The Balaban J connectivity index is 2.21. The molecule has 0 saturated heterocycles. The van der Waals surface area contributed by atoms with Crippen molar-refractivity contribution < 1.29 is 4.79 Å². The lowest BCUT2D eigenvalue weighted by molar-refractivity contribution is 0.0939. The number of aromatic nitrogens is 2. The molecule has 4 heteroatoms. The molecule has 2 heterocycles. The van der Waals surface area contributed by atoms with Crippen molar-refractivity contribution in [1.29, 1.82) is 5.26 Å². The third-order valence-corrected chi connectivity index (χ3v) is 2.91. The van der Waals surface area contributed by atoms with Gasteiger partial charge in [-0.2, -0.15) is 5.26 Å². The molecule has 0 unspecified atom stereocenters. The number of carbonyl (C=O) groups excluding carboxylic acids is 1. The topological polar surface area (TPSA) is 58.7 Å². The summed E-state index contributed by atoms with van der Waals surface area (Å²) in [7, 11) is 0. The van der Waals surface area contributed by atoms with E-state index < -0.39 is 0 Å². The Morgan fingerprint density at radius 3 is 2.95 bits per heavy atom. The van der Waals surface area contributed by atoms with Crippen LogP contribution in [0, 0.1) is 17.2 Å². The van der Waals surface area contributed by atoms with Gasteiger partial charge in [0, 0.05) is 42.2 Å². The molecule has 19 heavy (non-hydrogen) atoms. The molecule has 2 aromatic rings. The number of hydrogen-bond acceptors (Lipinski definition) is 3. The minimum atomic E-state index is -0.0103. The summed E-state index contributed by atoms with van der Waals surface area (Å²) in [6.07, 6.45) is 5.27. The molecule has 0 fully saturated rings. The summed E-state index contributed by atoms with van der Waals surface area (Å²) < 4.78 is 1.90. The van der Waals surface area contributed by atoms with E-state index in [0.29, 0.717) is 17.8 Å². The number of nitrogens with zero attached hydrogens (tertiary/aromatic N) is 3. The van der Waals surface area contributed by atoms with Crippen LogP contribution in [0.15, 0.2) is 36.8 Å². The van der Waals surface area contributed by atoms with E-state index >= 15 is 0 Å². The average Bonchev–Trinajstić information content (AvgIpc) is 2.87. The first kappa shape index (κ1) is 13.0. The fraction of sp³-hybridized carbons (Fsp3) is 0.267. The highest BCUT2D eigenvalue weighted by molar-refractivity contribution is 5.97. The molecule has 0 bridgehead atoms. The minimum Gasteiger partial charge on any atom is -0.349 e. The predicted octanol–water partition coefficient (Wildman–Crippen LogP) is 2.64. The Bertz CT molecular complexity index is 635. The summed E-state index contributed by atoms with van der Waals surface area (Å²) in [6, 6.07) is 7.56. The van der Waals surface area contributed by atoms with Crippen LogP contribution >= 0.6 is 0 Å². The molecule has 0 amide bonds. The summed E-state index contributed by atoms with van der Waals surface area (Å²) in [4.78, 5) is 15.9. The van der Waals surface area contributed by atoms with Gasteiger partial charge in [-0.15, -0.1) is 0 Å². The summed E-state index contributed by atoms with van der Waals surface area (Å²) in [6.45, 7) is 4.31. The molecule has 0 saturated carbocycles. The fourth-order valence-electron chi connectivity index (χ4n) is 1.88. The van der Waals surface area contributed by atoms with Crippen molar-refractivity contribution in [2.75, 3.05) is 0 Å². The fourth-order valence-corrected chi connectivity index (χ4v) is 1.88. The van der Waals surface area contributed by atoms with Gasteiger partial charge in [-0.1, -0.05) is 19.9 Å². The molecule has 0 atom stereocenters. The molecule has 0 aliphatic rings. The number of pyridine rings is 1. The van der Waals surface area contributed by atoms with Crippen molar-refractivity contribution in [2.24, 2.45) is 5.92 Å². The lowest BCUT2D eigenvalue weighted by atomic mass is 10.0. The van der Waals surface area contributed by atoms with Crippen LogP contribution in [0.1, 0.15) is 35.5 Å². The van der Waals surface area contributed by atoms with Crippen molar-refractivity contribution in [3.63, 3.8) is 0 Å². The molecular weight excluding hydrogens is 238 g/mol. The van der Waals surface area contributed by atoms with Gasteiger partial charge in [0.25, 0.3) is 0 Å². The molecule has 2 aromatic heterocycles. The molecule has 0 radical (unpaired) electrons. The quantitative estimate of drug-likeness (QED) is 0.787. The van der Waals surface area contributed by atoms with Crippen molar-refractivity contribution in [3.05, 3.63) is 53.6 Å². The summed E-state index contributed by atoms with van der Waals surface area (Å²) in [5, 5.41) is 8.99. The standard InChI is InChI=1S/C15H15N3O/c1-11(2)15(19)13-5-7-18(10-13)9-12-4-3-6-17-14(12)8-16/h3-7,10-11H,9H2,1-2H3. The van der Waals surface area contributed by atoms with Crippen LogP contribution in [-0.2, 0) is 6.54 Å². The first-order valence-corrected chi connectivity index (χ1v) is 6.16. The number of ketones is 1. The first-order chi connectivity index (χ1) is 9.11. The maximum Gasteiger partial charge on any atom is 0.166 e. The molecule has 0 aromatic carbocycles. The summed E-state index contributed by atoms with van der Waals surface area (Å²) in [5.41, 5.74) is 1.98. The zero-order valence-corrected chi connectivity index (χ0v) is 11.0. The zero-order valence-electron chi connectivity index (χ0n) is 11.0. The van der Waals surface area contributed by atoms with E-state index in [2.05, 4.69) is 11.1 Å². The highest BCUT2D eigenvalue weighted by Gasteiger charge is 2.12. The normalized spacial score (nSPS) is 10.4. The van der Waals surface area contributed by atoms with Crippen LogP contribution in [-0.4, -0.2) is 15.3 Å². The average molecular weight is 253 g/mol. The highest BCUT2D eigenvalue weighted by Crippen LogP contribution is 2.12. The van der Waals surface area contributed by atoms with Gasteiger partial charge in [0.2, 0.25) is 0 Å². The van der Waals surface area contributed by atoms with E-state index in [0.717, 1.165) is 5.56 Å². The van der Waals surface area contributed by atoms with E-state index in [1.54, 1.807) is 12.3 Å². The number of rotatable bonds is 4. The number of hydrogen-bond donors (Lipinski definition) is 0. The Morgan fingerprint density at radius 1 is 1.47 bits per heavy atom. The second-order valence-electron chi connectivity index (χ2n) is 4.71. The molecule has 4 nitrogen and oxygen atoms in total. The SMILES string of the molecule is CC(C)C(=O)c1ccn(Cc2cccnc2C#N)c1. The predicted molar refractivity (Wildman–Crippen MR) is 71.7 cm³/mol. The van der Waals surface area contributed by atoms with Gasteiger partial charge in [0.15, 0.2) is 5.78 Å². The molecule has 0 aliphatic carbocycles. The van der Waals surface area contributed by atoms with Crippen LogP contribution < -0.4 is 0 Å². The highest BCUT2D eigenvalue weighted by atomic mass is 16.1. The van der Waals surface area contributed by atoms with E-state index in [-0.39, 0.29) is 11.7 Å². The van der Waals surface area contributed by atoms with Crippen molar-refractivity contribution >= 4 is 5.78 Å². The monoisotopic (exact) mass is 253 g/mol. The van der Waals surface area contributed by atoms with E-state index in [9.17, 15) is 4.79 Å². The van der Waals surface area contributed by atoms with Gasteiger partial charge >= 0.3 is 0 Å². The second kappa shape index (κ2) is 5.49. The Morgan fingerprint density at radius 2 is 2.26 bits per heavy atom. The largest absolute Gasteiger partial charge is 0.349 e. The van der Waals surface area contributed by atoms with E-state index in [1.807, 2.05) is 42.9 Å². The summed E-state index contributed by atoms with van der Waals surface area (Å²) in [5.74, 6) is 0.120. The van der Waals surface area contributed by atoms with Crippen LogP contribution in [0.3, 0.4) is 0 Å². The number of nitriles is 1. The van der Waals surface area contributed by atoms with Gasteiger partial charge in [0.05, 0.1) is 0 Å². The molecule has 96 valence electrons. The Hall–Kier alpha value is -2.41. The third kappa shape index (κ3) is 2.89. The van der Waals surface area contributed by atoms with Crippen LogP contribution in [0.2, 0.25) is 0 Å². The number of Topliss-reactive ketones (excluding diaryl/α,β-unsaturated/α-hetero) is 1. The van der Waals surface area contributed by atoms with Gasteiger partial charge in [-0.05, 0) is 12.1 Å². The smallest absolute Gasteiger partial charge is 0.166 e. The van der Waals surface area contributed by atoms with Gasteiger partial charge in [-0.25, -0.2) is 4.98 Å². The molecular formula is C15H15N3O. The minimum absolute atomic E-state index is 0.0103. The molecule has 0 aliphatic heterocycles. The maximum absolute atomic E-state index is 11.9. The Labute approximate surface area is 112 Å². The third-order valence-electron chi connectivity index (χ3n) is 2.91. The lowest BCUT2D eigenvalue weighted by Gasteiger charge is -2.04. The molecule has 0 spiro atoms. The van der Waals surface area contributed by atoms with Gasteiger partial charge in [-0.3, -0.25) is 4.79 Å². The van der Waals surface area contributed by atoms with Crippen molar-refractivity contribution in [1.82, 2.24) is 9.55 Å². The second-order valence-corrected chi connectivity index (χ2v) is 4.71. The summed E-state index contributed by atoms with van der Waals surface area (Å²) >= 11 is 0. The van der Waals surface area contributed by atoms with Crippen molar-refractivity contribution in [3.8, 4) is 6.07 Å². The van der Waals surface area contributed by atoms with E-state index in [4.69, 9.17) is 5.26 Å². The van der Waals surface area contributed by atoms with Crippen LogP contribution in [0.4, 0.5) is 0 Å². The van der Waals surface area contributed by atoms with Crippen LogP contribution in [0.25, 0.3) is 0 Å². The lowest BCUT2D eigenvalue weighted by Crippen LogP contribution is -2.06. The maximum atomic E-state index is 11.9. The van der Waals surface area contributed by atoms with Crippen LogP contribution in [0.5, 0.6) is 0 Å². The van der Waals surface area contributed by atoms with E-state index in [1.165, 1.54) is 0 Å². The van der Waals surface area contributed by atoms with Gasteiger partial charge < -0.3 is 4.57 Å².